The monoisotopic (exact) mass is 270 g/mol. The number of hydrogen-bond acceptors (Lipinski definition) is 2. The lowest BCUT2D eigenvalue weighted by atomic mass is 9.98. The Bertz CT molecular complexity index is 404. The highest BCUT2D eigenvalue weighted by atomic mass is 35.5. The Morgan fingerprint density at radius 3 is 2.59 bits per heavy atom. The zero-order valence-electron chi connectivity index (χ0n) is 10.5. The molecule has 94 valence electrons. The lowest BCUT2D eigenvalue weighted by molar-refractivity contribution is 0.440. The molecule has 0 bridgehead atoms. The van der Waals surface area contributed by atoms with Crippen LogP contribution in [0.4, 0.5) is 5.69 Å². The van der Waals surface area contributed by atoms with E-state index in [0.29, 0.717) is 21.8 Å². The van der Waals surface area contributed by atoms with Gasteiger partial charge in [-0.2, -0.15) is 0 Å². The van der Waals surface area contributed by atoms with Crippen LogP contribution in [0.3, 0.4) is 0 Å². The largest absolute Gasteiger partial charge is 0.389 e. The first-order valence-electron chi connectivity index (χ1n) is 5.75. The van der Waals surface area contributed by atoms with Crippen LogP contribution < -0.4 is 11.1 Å². The van der Waals surface area contributed by atoms with Crippen molar-refractivity contribution in [2.24, 2.45) is 17.6 Å². The second kappa shape index (κ2) is 6.22. The van der Waals surface area contributed by atoms with Gasteiger partial charge in [0.15, 0.2) is 0 Å². The van der Waals surface area contributed by atoms with E-state index in [4.69, 9.17) is 29.6 Å². The van der Waals surface area contributed by atoms with Crippen LogP contribution in [-0.2, 0) is 0 Å². The molecule has 1 aromatic carbocycles. The molecule has 0 heterocycles. The third kappa shape index (κ3) is 4.17. The third-order valence-corrected chi connectivity index (χ3v) is 3.45. The van der Waals surface area contributed by atoms with Crippen LogP contribution in [0.2, 0.25) is 5.02 Å². The van der Waals surface area contributed by atoms with Gasteiger partial charge >= 0.3 is 0 Å². The van der Waals surface area contributed by atoms with Gasteiger partial charge in [-0.05, 0) is 30.0 Å². The quantitative estimate of drug-likeness (QED) is 0.802. The molecule has 0 amide bonds. The lowest BCUT2D eigenvalue weighted by Crippen LogP contribution is -2.19. The Morgan fingerprint density at radius 1 is 1.41 bits per heavy atom. The summed E-state index contributed by atoms with van der Waals surface area (Å²) in [5, 5.41) is 4.03. The molecule has 0 aliphatic heterocycles. The zero-order chi connectivity index (χ0) is 13.0. The average Bonchev–Trinajstić information content (AvgIpc) is 2.26. The molecule has 1 atom stereocenters. The molecule has 1 unspecified atom stereocenters. The second-order valence-electron chi connectivity index (χ2n) is 4.66. The topological polar surface area (TPSA) is 38.0 Å². The number of thiocarbonyl (C=S) groups is 1. The van der Waals surface area contributed by atoms with Gasteiger partial charge in [0.25, 0.3) is 0 Å². The summed E-state index contributed by atoms with van der Waals surface area (Å²) < 4.78 is 0. The maximum absolute atomic E-state index is 5.93. The molecule has 0 aliphatic carbocycles. The van der Waals surface area contributed by atoms with Crippen molar-refractivity contribution < 1.29 is 0 Å². The summed E-state index contributed by atoms with van der Waals surface area (Å²) in [5.41, 5.74) is 7.44. The molecule has 4 heteroatoms. The molecule has 1 aromatic rings. The van der Waals surface area contributed by atoms with Crippen LogP contribution in [0.25, 0.3) is 0 Å². The van der Waals surface area contributed by atoms with E-state index in [0.717, 1.165) is 17.8 Å². The predicted octanol–water partition coefficient (Wildman–Crippen LogP) is 3.68. The van der Waals surface area contributed by atoms with Gasteiger partial charge < -0.3 is 11.1 Å². The van der Waals surface area contributed by atoms with Crippen molar-refractivity contribution in [3.05, 3.63) is 28.8 Å². The summed E-state index contributed by atoms with van der Waals surface area (Å²) >= 11 is 11.0. The predicted molar refractivity (Wildman–Crippen MR) is 79.8 cm³/mol. The lowest BCUT2D eigenvalue weighted by Gasteiger charge is -2.18. The van der Waals surface area contributed by atoms with E-state index in [-0.39, 0.29) is 0 Å². The van der Waals surface area contributed by atoms with E-state index in [9.17, 15) is 0 Å². The average molecular weight is 271 g/mol. The summed E-state index contributed by atoms with van der Waals surface area (Å²) in [4.78, 5) is 0.368. The van der Waals surface area contributed by atoms with E-state index >= 15 is 0 Å². The molecule has 0 aromatic heterocycles. The van der Waals surface area contributed by atoms with E-state index in [1.165, 1.54) is 0 Å². The molecule has 0 saturated carbocycles. The molecule has 1 rings (SSSR count). The van der Waals surface area contributed by atoms with Crippen LogP contribution in [-0.4, -0.2) is 11.5 Å². The van der Waals surface area contributed by atoms with Gasteiger partial charge in [0, 0.05) is 22.8 Å². The van der Waals surface area contributed by atoms with Crippen molar-refractivity contribution in [2.45, 2.75) is 20.8 Å². The summed E-state index contributed by atoms with van der Waals surface area (Å²) in [5.74, 6) is 1.23. The highest BCUT2D eigenvalue weighted by Crippen LogP contribution is 2.21. The molecule has 0 radical (unpaired) electrons. The minimum Gasteiger partial charge on any atom is -0.389 e. The highest BCUT2D eigenvalue weighted by molar-refractivity contribution is 7.80. The van der Waals surface area contributed by atoms with E-state index in [1.807, 2.05) is 12.1 Å². The fourth-order valence-electron chi connectivity index (χ4n) is 1.38. The van der Waals surface area contributed by atoms with Crippen molar-refractivity contribution >= 4 is 34.5 Å². The number of rotatable bonds is 5. The van der Waals surface area contributed by atoms with Crippen molar-refractivity contribution in [3.8, 4) is 0 Å². The van der Waals surface area contributed by atoms with E-state index in [1.54, 1.807) is 6.07 Å². The minimum absolute atomic E-state index is 0.368. The van der Waals surface area contributed by atoms with E-state index < -0.39 is 0 Å². The Hall–Kier alpha value is -0.800. The van der Waals surface area contributed by atoms with Crippen LogP contribution in [0.5, 0.6) is 0 Å². The Morgan fingerprint density at radius 2 is 2.06 bits per heavy atom. The summed E-state index contributed by atoms with van der Waals surface area (Å²) in [6.45, 7) is 7.54. The smallest absolute Gasteiger partial charge is 0.106 e. The molecule has 17 heavy (non-hydrogen) atoms. The normalized spacial score (nSPS) is 12.5. The van der Waals surface area contributed by atoms with Crippen molar-refractivity contribution in [1.82, 2.24) is 0 Å². The molecule has 0 fully saturated rings. The molecule has 0 spiro atoms. The van der Waals surface area contributed by atoms with E-state index in [2.05, 4.69) is 26.1 Å². The number of hydrogen-bond donors (Lipinski definition) is 2. The standard InChI is InChI=1S/C13H19ClN2S/c1-8(2)9(3)7-16-12-5-4-10(14)6-11(12)13(15)17/h4-6,8-9,16H,7H2,1-3H3,(H2,15,17). The van der Waals surface area contributed by atoms with Gasteiger partial charge in [0.05, 0.1) is 0 Å². The van der Waals surface area contributed by atoms with Gasteiger partial charge in [-0.25, -0.2) is 0 Å². The van der Waals surface area contributed by atoms with Crippen LogP contribution in [0.15, 0.2) is 18.2 Å². The molecule has 2 nitrogen and oxygen atoms in total. The van der Waals surface area contributed by atoms with Gasteiger partial charge in [-0.1, -0.05) is 44.6 Å². The number of benzene rings is 1. The van der Waals surface area contributed by atoms with Crippen LogP contribution in [0.1, 0.15) is 26.3 Å². The number of nitrogens with one attached hydrogen (secondary N) is 1. The Kier molecular flexibility index (Phi) is 5.22. The maximum atomic E-state index is 5.93. The summed E-state index contributed by atoms with van der Waals surface area (Å²) in [7, 11) is 0. The minimum atomic E-state index is 0.368. The fraction of sp³-hybridized carbons (Fsp3) is 0.462. The molecule has 0 saturated heterocycles. The first-order chi connectivity index (χ1) is 7.91. The van der Waals surface area contributed by atoms with Crippen molar-refractivity contribution in [3.63, 3.8) is 0 Å². The summed E-state index contributed by atoms with van der Waals surface area (Å²) in [6.07, 6.45) is 0. The molecule has 3 N–H and O–H groups in total. The van der Waals surface area contributed by atoms with Crippen LogP contribution >= 0.6 is 23.8 Å². The Labute approximate surface area is 114 Å². The molecular formula is C13H19ClN2S. The summed E-state index contributed by atoms with van der Waals surface area (Å²) in [6, 6.07) is 5.56. The fourth-order valence-corrected chi connectivity index (χ4v) is 1.72. The van der Waals surface area contributed by atoms with Crippen molar-refractivity contribution in [1.29, 1.82) is 0 Å². The van der Waals surface area contributed by atoms with Crippen molar-refractivity contribution in [2.75, 3.05) is 11.9 Å². The number of anilines is 1. The first-order valence-corrected chi connectivity index (χ1v) is 6.53. The molecular weight excluding hydrogens is 252 g/mol. The zero-order valence-corrected chi connectivity index (χ0v) is 12.0. The van der Waals surface area contributed by atoms with Gasteiger partial charge in [-0.3, -0.25) is 0 Å². The number of nitrogens with two attached hydrogens (primary N) is 1. The van der Waals surface area contributed by atoms with Crippen LogP contribution in [0, 0.1) is 11.8 Å². The highest BCUT2D eigenvalue weighted by Gasteiger charge is 2.10. The maximum Gasteiger partial charge on any atom is 0.106 e. The van der Waals surface area contributed by atoms with Gasteiger partial charge in [-0.15, -0.1) is 0 Å². The Balaban J connectivity index is 2.80. The van der Waals surface area contributed by atoms with Gasteiger partial charge in [0.2, 0.25) is 0 Å². The SMILES string of the molecule is CC(C)C(C)CNc1ccc(Cl)cc1C(N)=S. The molecule has 0 aliphatic rings. The van der Waals surface area contributed by atoms with Gasteiger partial charge in [0.1, 0.15) is 4.99 Å². The number of halogens is 1. The third-order valence-electron chi connectivity index (χ3n) is 3.00. The second-order valence-corrected chi connectivity index (χ2v) is 5.53. The first kappa shape index (κ1) is 14.3.